The monoisotopic (exact) mass is 318 g/mol. The van der Waals surface area contributed by atoms with Crippen LogP contribution in [0.5, 0.6) is 5.75 Å². The van der Waals surface area contributed by atoms with Crippen molar-refractivity contribution in [1.29, 1.82) is 0 Å². The second kappa shape index (κ2) is 7.34. The van der Waals surface area contributed by atoms with E-state index in [4.69, 9.17) is 16.9 Å². The Morgan fingerprint density at radius 1 is 1.17 bits per heavy atom. The number of terminal acetylenes is 1. The molecule has 1 heterocycles. The Kier molecular flexibility index (Phi) is 4.78. The maximum atomic E-state index is 5.86. The van der Waals surface area contributed by atoms with Gasteiger partial charge in [0.2, 0.25) is 0 Å². The van der Waals surface area contributed by atoms with Gasteiger partial charge in [-0.25, -0.2) is 9.97 Å². The molecule has 0 radical (unpaired) electrons. The third-order valence-corrected chi connectivity index (χ3v) is 3.63. The van der Waals surface area contributed by atoms with Crippen molar-refractivity contribution in [2.45, 2.75) is 6.42 Å². The lowest BCUT2D eigenvalue weighted by atomic mass is 10.1. The zero-order valence-corrected chi connectivity index (χ0v) is 13.2. The number of hydrogen-bond acceptors (Lipinski definition) is 5. The predicted octanol–water partition coefficient (Wildman–Crippen LogP) is 2.88. The Balaban J connectivity index is 1.72. The summed E-state index contributed by atoms with van der Waals surface area (Å²) >= 11 is 0. The SMILES string of the molecule is C#CCOc1ccccc1CCNc1ncnc2ccc(N)cc12. The summed E-state index contributed by atoms with van der Waals surface area (Å²) in [5.41, 5.74) is 8.51. The third-order valence-electron chi connectivity index (χ3n) is 3.63. The first-order valence-electron chi connectivity index (χ1n) is 7.66. The fraction of sp³-hybridized carbons (Fsp3) is 0.158. The highest BCUT2D eigenvalue weighted by atomic mass is 16.5. The number of nitrogens with zero attached hydrogens (tertiary/aromatic N) is 2. The summed E-state index contributed by atoms with van der Waals surface area (Å²) in [5.74, 6) is 4.07. The van der Waals surface area contributed by atoms with Gasteiger partial charge in [-0.05, 0) is 36.2 Å². The van der Waals surface area contributed by atoms with Crippen molar-refractivity contribution < 1.29 is 4.74 Å². The number of aromatic nitrogens is 2. The van der Waals surface area contributed by atoms with Crippen LogP contribution in [0, 0.1) is 12.3 Å². The topological polar surface area (TPSA) is 73.1 Å². The molecule has 0 atom stereocenters. The standard InChI is InChI=1S/C19H18N4O/c1-2-11-24-18-6-4-3-5-14(18)9-10-21-19-16-12-15(20)7-8-17(16)22-13-23-19/h1,3-8,12-13H,9-11,20H2,(H,21,22,23). The first-order valence-corrected chi connectivity index (χ1v) is 7.66. The molecule has 0 saturated heterocycles. The summed E-state index contributed by atoms with van der Waals surface area (Å²) < 4.78 is 5.57. The van der Waals surface area contributed by atoms with E-state index >= 15 is 0 Å². The average Bonchev–Trinajstić information content (AvgIpc) is 2.61. The molecular weight excluding hydrogens is 300 g/mol. The molecule has 0 aliphatic heterocycles. The number of benzene rings is 2. The van der Waals surface area contributed by atoms with Crippen LogP contribution < -0.4 is 15.8 Å². The Bertz CT molecular complexity index is 886. The van der Waals surface area contributed by atoms with Crippen LogP contribution in [0.4, 0.5) is 11.5 Å². The Labute approximate surface area is 140 Å². The Morgan fingerprint density at radius 3 is 2.92 bits per heavy atom. The van der Waals surface area contributed by atoms with E-state index in [0.717, 1.165) is 34.5 Å². The van der Waals surface area contributed by atoms with Crippen molar-refractivity contribution in [3.05, 3.63) is 54.4 Å². The van der Waals surface area contributed by atoms with Crippen molar-refractivity contribution in [3.63, 3.8) is 0 Å². The molecule has 0 unspecified atom stereocenters. The molecule has 5 nitrogen and oxygen atoms in total. The number of hydrogen-bond donors (Lipinski definition) is 2. The van der Waals surface area contributed by atoms with Crippen LogP contribution in [0.25, 0.3) is 10.9 Å². The molecule has 2 aromatic carbocycles. The molecule has 0 fully saturated rings. The molecule has 0 saturated carbocycles. The summed E-state index contributed by atoms with van der Waals surface area (Å²) in [5, 5.41) is 4.26. The summed E-state index contributed by atoms with van der Waals surface area (Å²) in [6.45, 7) is 0.970. The molecule has 0 bridgehead atoms. The van der Waals surface area contributed by atoms with E-state index < -0.39 is 0 Å². The molecule has 120 valence electrons. The number of nitrogens with one attached hydrogen (secondary N) is 1. The zero-order chi connectivity index (χ0) is 16.8. The molecule has 3 aromatic rings. The number of para-hydroxylation sites is 1. The lowest BCUT2D eigenvalue weighted by molar-refractivity contribution is 0.366. The van der Waals surface area contributed by atoms with E-state index in [1.54, 1.807) is 6.33 Å². The molecule has 1 aromatic heterocycles. The molecule has 0 aliphatic rings. The molecule has 0 aliphatic carbocycles. The fourth-order valence-corrected chi connectivity index (χ4v) is 2.50. The second-order valence-corrected chi connectivity index (χ2v) is 5.28. The number of ether oxygens (including phenoxy) is 1. The number of rotatable bonds is 6. The van der Waals surface area contributed by atoms with Crippen molar-refractivity contribution in [2.24, 2.45) is 0 Å². The quantitative estimate of drug-likeness (QED) is 0.540. The van der Waals surface area contributed by atoms with Gasteiger partial charge in [0.1, 0.15) is 24.5 Å². The summed E-state index contributed by atoms with van der Waals surface area (Å²) in [4.78, 5) is 8.57. The van der Waals surface area contributed by atoms with Crippen LogP contribution in [0.3, 0.4) is 0 Å². The summed E-state index contributed by atoms with van der Waals surface area (Å²) in [6, 6.07) is 13.5. The van der Waals surface area contributed by atoms with Gasteiger partial charge in [-0.15, -0.1) is 6.42 Å². The summed E-state index contributed by atoms with van der Waals surface area (Å²) in [6.07, 6.45) is 7.59. The smallest absolute Gasteiger partial charge is 0.148 e. The molecule has 5 heteroatoms. The van der Waals surface area contributed by atoms with Gasteiger partial charge in [-0.2, -0.15) is 0 Å². The van der Waals surface area contributed by atoms with Gasteiger partial charge in [-0.3, -0.25) is 0 Å². The number of nitrogen functional groups attached to an aromatic ring is 1. The minimum Gasteiger partial charge on any atom is -0.481 e. The van der Waals surface area contributed by atoms with E-state index in [1.165, 1.54) is 0 Å². The highest BCUT2D eigenvalue weighted by Crippen LogP contribution is 2.22. The molecule has 3 rings (SSSR count). The predicted molar refractivity (Wildman–Crippen MR) is 96.9 cm³/mol. The Hall–Kier alpha value is -3.26. The van der Waals surface area contributed by atoms with Crippen molar-refractivity contribution in [2.75, 3.05) is 24.2 Å². The van der Waals surface area contributed by atoms with Crippen LogP contribution in [-0.4, -0.2) is 23.1 Å². The van der Waals surface area contributed by atoms with Crippen LogP contribution in [-0.2, 0) is 6.42 Å². The van der Waals surface area contributed by atoms with Gasteiger partial charge in [0.25, 0.3) is 0 Å². The van der Waals surface area contributed by atoms with Crippen LogP contribution in [0.2, 0.25) is 0 Å². The van der Waals surface area contributed by atoms with Crippen molar-refractivity contribution in [3.8, 4) is 18.1 Å². The lowest BCUT2D eigenvalue weighted by Gasteiger charge is -2.11. The third kappa shape index (κ3) is 3.55. The van der Waals surface area contributed by atoms with Gasteiger partial charge >= 0.3 is 0 Å². The maximum Gasteiger partial charge on any atom is 0.148 e. The maximum absolute atomic E-state index is 5.86. The van der Waals surface area contributed by atoms with E-state index in [-0.39, 0.29) is 6.61 Å². The average molecular weight is 318 g/mol. The lowest BCUT2D eigenvalue weighted by Crippen LogP contribution is -2.08. The van der Waals surface area contributed by atoms with Crippen molar-refractivity contribution >= 4 is 22.4 Å². The van der Waals surface area contributed by atoms with E-state index in [0.29, 0.717) is 12.2 Å². The van der Waals surface area contributed by atoms with E-state index in [2.05, 4.69) is 21.2 Å². The molecule has 24 heavy (non-hydrogen) atoms. The number of anilines is 2. The van der Waals surface area contributed by atoms with Crippen LogP contribution in [0.15, 0.2) is 48.8 Å². The fourth-order valence-electron chi connectivity index (χ4n) is 2.50. The zero-order valence-electron chi connectivity index (χ0n) is 13.2. The van der Waals surface area contributed by atoms with Crippen LogP contribution >= 0.6 is 0 Å². The first kappa shape index (κ1) is 15.6. The Morgan fingerprint density at radius 2 is 2.04 bits per heavy atom. The highest BCUT2D eigenvalue weighted by Gasteiger charge is 2.06. The minimum atomic E-state index is 0.264. The van der Waals surface area contributed by atoms with Gasteiger partial charge in [0.15, 0.2) is 0 Å². The van der Waals surface area contributed by atoms with E-state index in [9.17, 15) is 0 Å². The van der Waals surface area contributed by atoms with Gasteiger partial charge in [0, 0.05) is 17.6 Å². The molecular formula is C19H18N4O. The highest BCUT2D eigenvalue weighted by molar-refractivity contribution is 5.91. The van der Waals surface area contributed by atoms with Gasteiger partial charge < -0.3 is 15.8 Å². The summed E-state index contributed by atoms with van der Waals surface area (Å²) in [7, 11) is 0. The largest absolute Gasteiger partial charge is 0.481 e. The van der Waals surface area contributed by atoms with Gasteiger partial charge in [-0.1, -0.05) is 24.1 Å². The number of nitrogens with two attached hydrogens (primary N) is 1. The second-order valence-electron chi connectivity index (χ2n) is 5.28. The normalized spacial score (nSPS) is 10.3. The molecule has 3 N–H and O–H groups in total. The van der Waals surface area contributed by atoms with E-state index in [1.807, 2.05) is 42.5 Å². The molecule has 0 amide bonds. The van der Waals surface area contributed by atoms with Crippen molar-refractivity contribution in [1.82, 2.24) is 9.97 Å². The first-order chi connectivity index (χ1) is 11.8. The molecule has 0 spiro atoms. The van der Waals surface area contributed by atoms with Gasteiger partial charge in [0.05, 0.1) is 5.52 Å². The van der Waals surface area contributed by atoms with Crippen LogP contribution in [0.1, 0.15) is 5.56 Å². The number of fused-ring (bicyclic) bond motifs is 1. The minimum absolute atomic E-state index is 0.264.